The Balaban J connectivity index is 2.18. The van der Waals surface area contributed by atoms with Crippen molar-refractivity contribution in [3.8, 4) is 0 Å². The molecule has 1 fully saturated rings. The molecule has 0 bridgehead atoms. The number of piperidine rings is 1. The average Bonchev–Trinajstić information content (AvgIpc) is 2.37. The molecule has 2 N–H and O–H groups in total. The lowest BCUT2D eigenvalue weighted by molar-refractivity contribution is -0.174. The minimum Gasteiger partial charge on any atom is -0.372 e. The van der Waals surface area contributed by atoms with Crippen molar-refractivity contribution >= 4 is 0 Å². The number of rotatable bonds is 7. The SMILES string of the molecule is CCC1CCN(CCCOCC(F)(F)F)C(CN)C1. The third-order valence-electron chi connectivity index (χ3n) is 3.80. The van der Waals surface area contributed by atoms with Crippen LogP contribution < -0.4 is 5.73 Å². The molecule has 0 spiro atoms. The lowest BCUT2D eigenvalue weighted by Crippen LogP contribution is -2.47. The molecule has 0 aromatic heterocycles. The molecular weight excluding hydrogens is 257 g/mol. The van der Waals surface area contributed by atoms with Crippen LogP contribution in [0.1, 0.15) is 32.6 Å². The van der Waals surface area contributed by atoms with Gasteiger partial charge in [0.25, 0.3) is 0 Å². The highest BCUT2D eigenvalue weighted by Crippen LogP contribution is 2.24. The lowest BCUT2D eigenvalue weighted by Gasteiger charge is -2.38. The standard InChI is InChI=1S/C13H25F3N2O/c1-2-11-4-6-18(12(8-11)9-17)5-3-7-19-10-13(14,15)16/h11-12H,2-10,17H2,1H3. The van der Waals surface area contributed by atoms with Crippen LogP contribution in [0.2, 0.25) is 0 Å². The first-order chi connectivity index (χ1) is 8.96. The molecule has 6 heteroatoms. The van der Waals surface area contributed by atoms with E-state index >= 15 is 0 Å². The number of alkyl halides is 3. The molecular formula is C13H25F3N2O. The van der Waals surface area contributed by atoms with Crippen LogP contribution >= 0.6 is 0 Å². The molecule has 0 aromatic carbocycles. The van der Waals surface area contributed by atoms with E-state index in [2.05, 4.69) is 16.6 Å². The molecule has 19 heavy (non-hydrogen) atoms. The van der Waals surface area contributed by atoms with Crippen molar-refractivity contribution in [3.05, 3.63) is 0 Å². The van der Waals surface area contributed by atoms with Gasteiger partial charge in [0.05, 0.1) is 0 Å². The Morgan fingerprint density at radius 2 is 2.11 bits per heavy atom. The second-order valence-electron chi connectivity index (χ2n) is 5.25. The van der Waals surface area contributed by atoms with Crippen LogP contribution in [0.4, 0.5) is 13.2 Å². The van der Waals surface area contributed by atoms with Crippen molar-refractivity contribution in [2.75, 3.05) is 32.8 Å². The van der Waals surface area contributed by atoms with E-state index in [0.29, 0.717) is 19.0 Å². The molecule has 1 rings (SSSR count). The third kappa shape index (κ3) is 6.58. The number of hydrogen-bond donors (Lipinski definition) is 1. The average molecular weight is 282 g/mol. The maximum atomic E-state index is 11.9. The van der Waals surface area contributed by atoms with Crippen molar-refractivity contribution in [1.82, 2.24) is 4.90 Å². The van der Waals surface area contributed by atoms with E-state index < -0.39 is 12.8 Å². The van der Waals surface area contributed by atoms with E-state index in [1.54, 1.807) is 0 Å². The van der Waals surface area contributed by atoms with Crippen LogP contribution in [0.15, 0.2) is 0 Å². The Morgan fingerprint density at radius 3 is 2.68 bits per heavy atom. The molecule has 1 aliphatic heterocycles. The van der Waals surface area contributed by atoms with Crippen molar-refractivity contribution in [1.29, 1.82) is 0 Å². The summed E-state index contributed by atoms with van der Waals surface area (Å²) in [6, 6.07) is 0.376. The molecule has 2 atom stereocenters. The number of likely N-dealkylation sites (tertiary alicyclic amines) is 1. The zero-order chi connectivity index (χ0) is 14.3. The topological polar surface area (TPSA) is 38.5 Å². The molecule has 1 aliphatic rings. The van der Waals surface area contributed by atoms with Gasteiger partial charge in [-0.15, -0.1) is 0 Å². The summed E-state index contributed by atoms with van der Waals surface area (Å²) in [7, 11) is 0. The van der Waals surface area contributed by atoms with Gasteiger partial charge < -0.3 is 10.5 Å². The lowest BCUT2D eigenvalue weighted by atomic mass is 9.89. The van der Waals surface area contributed by atoms with Gasteiger partial charge in [-0.25, -0.2) is 0 Å². The summed E-state index contributed by atoms with van der Waals surface area (Å²) in [5, 5.41) is 0. The van der Waals surface area contributed by atoms with Crippen LogP contribution in [0.25, 0.3) is 0 Å². The van der Waals surface area contributed by atoms with Crippen molar-refractivity contribution in [2.45, 2.75) is 44.8 Å². The summed E-state index contributed by atoms with van der Waals surface area (Å²) < 4.78 is 40.3. The van der Waals surface area contributed by atoms with Gasteiger partial charge in [-0.2, -0.15) is 13.2 Å². The molecule has 0 aliphatic carbocycles. The molecule has 0 aromatic rings. The first-order valence-electron chi connectivity index (χ1n) is 7.05. The van der Waals surface area contributed by atoms with Gasteiger partial charge >= 0.3 is 6.18 Å². The quantitative estimate of drug-likeness (QED) is 0.729. The van der Waals surface area contributed by atoms with E-state index in [-0.39, 0.29) is 6.61 Å². The number of ether oxygens (including phenoxy) is 1. The second-order valence-corrected chi connectivity index (χ2v) is 5.25. The fourth-order valence-electron chi connectivity index (χ4n) is 2.65. The monoisotopic (exact) mass is 282 g/mol. The van der Waals surface area contributed by atoms with E-state index in [1.807, 2.05) is 0 Å². The van der Waals surface area contributed by atoms with Crippen molar-refractivity contribution in [2.24, 2.45) is 11.7 Å². The zero-order valence-electron chi connectivity index (χ0n) is 11.6. The minimum absolute atomic E-state index is 0.157. The Hall–Kier alpha value is -0.330. The van der Waals surface area contributed by atoms with Crippen LogP contribution in [0.3, 0.4) is 0 Å². The predicted molar refractivity (Wildman–Crippen MR) is 68.9 cm³/mol. The Kier molecular flexibility index (Phi) is 7.10. The highest BCUT2D eigenvalue weighted by atomic mass is 19.4. The summed E-state index contributed by atoms with van der Waals surface area (Å²) in [4.78, 5) is 2.29. The van der Waals surface area contributed by atoms with Gasteiger partial charge in [-0.1, -0.05) is 13.3 Å². The van der Waals surface area contributed by atoms with Crippen LogP contribution in [-0.4, -0.2) is 50.0 Å². The fraction of sp³-hybridized carbons (Fsp3) is 1.00. The highest BCUT2D eigenvalue weighted by molar-refractivity contribution is 4.81. The van der Waals surface area contributed by atoms with Crippen LogP contribution in [0, 0.1) is 5.92 Å². The molecule has 1 heterocycles. The van der Waals surface area contributed by atoms with E-state index in [0.717, 1.165) is 31.8 Å². The largest absolute Gasteiger partial charge is 0.411 e. The molecule has 1 saturated heterocycles. The molecule has 2 unspecified atom stereocenters. The summed E-state index contributed by atoms with van der Waals surface area (Å²) >= 11 is 0. The van der Waals surface area contributed by atoms with Crippen LogP contribution in [-0.2, 0) is 4.74 Å². The van der Waals surface area contributed by atoms with Gasteiger partial charge in [0.2, 0.25) is 0 Å². The second kappa shape index (κ2) is 8.07. The summed E-state index contributed by atoms with van der Waals surface area (Å²) in [5.74, 6) is 0.742. The van der Waals surface area contributed by atoms with E-state index in [9.17, 15) is 13.2 Å². The number of nitrogens with zero attached hydrogens (tertiary/aromatic N) is 1. The predicted octanol–water partition coefficient (Wildman–Crippen LogP) is 2.40. The summed E-state index contributed by atoms with van der Waals surface area (Å²) in [5.41, 5.74) is 5.78. The zero-order valence-corrected chi connectivity index (χ0v) is 11.6. The molecule has 0 amide bonds. The number of halogens is 3. The van der Waals surface area contributed by atoms with E-state index in [1.165, 1.54) is 6.42 Å². The maximum absolute atomic E-state index is 11.9. The van der Waals surface area contributed by atoms with Crippen LogP contribution in [0.5, 0.6) is 0 Å². The smallest absolute Gasteiger partial charge is 0.372 e. The highest BCUT2D eigenvalue weighted by Gasteiger charge is 2.28. The first-order valence-corrected chi connectivity index (χ1v) is 7.05. The van der Waals surface area contributed by atoms with Gasteiger partial charge in [0, 0.05) is 25.7 Å². The first kappa shape index (κ1) is 16.7. The fourth-order valence-corrected chi connectivity index (χ4v) is 2.65. The number of hydrogen-bond acceptors (Lipinski definition) is 3. The van der Waals surface area contributed by atoms with Gasteiger partial charge in [0.15, 0.2) is 0 Å². The summed E-state index contributed by atoms with van der Waals surface area (Å²) in [6.45, 7) is 3.60. The Labute approximate surface area is 113 Å². The van der Waals surface area contributed by atoms with Gasteiger partial charge in [-0.3, -0.25) is 4.90 Å². The Bertz CT molecular complexity index is 249. The molecule has 0 radical (unpaired) electrons. The normalized spacial score (nSPS) is 25.7. The van der Waals surface area contributed by atoms with Gasteiger partial charge in [-0.05, 0) is 31.7 Å². The number of nitrogens with two attached hydrogens (primary N) is 1. The summed E-state index contributed by atoms with van der Waals surface area (Å²) in [6.07, 6.45) is -0.144. The van der Waals surface area contributed by atoms with Crippen molar-refractivity contribution < 1.29 is 17.9 Å². The van der Waals surface area contributed by atoms with E-state index in [4.69, 9.17) is 5.73 Å². The van der Waals surface area contributed by atoms with Gasteiger partial charge in [0.1, 0.15) is 6.61 Å². The Morgan fingerprint density at radius 1 is 1.37 bits per heavy atom. The maximum Gasteiger partial charge on any atom is 0.411 e. The minimum atomic E-state index is -4.22. The molecule has 114 valence electrons. The van der Waals surface area contributed by atoms with Crippen molar-refractivity contribution in [3.63, 3.8) is 0 Å². The molecule has 0 saturated carbocycles. The third-order valence-corrected chi connectivity index (χ3v) is 3.80. The molecule has 3 nitrogen and oxygen atoms in total.